The fraction of sp³-hybridized carbons (Fsp3) is 0.640. The van der Waals surface area contributed by atoms with E-state index in [-0.39, 0.29) is 23.8 Å². The molecular weight excluding hydrogens is 613 g/mol. The van der Waals surface area contributed by atoms with E-state index in [1.54, 1.807) is 32.9 Å². The van der Waals surface area contributed by atoms with Crippen LogP contribution in [0.2, 0.25) is 0 Å². The first-order chi connectivity index (χ1) is 17.3. The minimum Gasteiger partial charge on any atom is -0.467 e. The second-order valence-electron chi connectivity index (χ2n) is 10.6. The van der Waals surface area contributed by atoms with Gasteiger partial charge in [-0.05, 0) is 92.8 Å². The highest BCUT2D eigenvalue weighted by Gasteiger charge is 2.45. The monoisotopic (exact) mass is 649 g/mol. The number of esters is 1. The van der Waals surface area contributed by atoms with E-state index in [4.69, 9.17) is 9.47 Å². The third-order valence-electron chi connectivity index (χ3n) is 6.56. The Bertz CT molecular complexity index is 1080. The maximum Gasteiger partial charge on any atom is 0.408 e. The number of ether oxygens (including phenoxy) is 2. The van der Waals surface area contributed by atoms with Gasteiger partial charge in [-0.25, -0.2) is 22.7 Å². The van der Waals surface area contributed by atoms with Crippen molar-refractivity contribution in [2.24, 2.45) is 5.92 Å². The molecular formula is C25H36IN3O7S. The van der Waals surface area contributed by atoms with Gasteiger partial charge in [-0.15, -0.1) is 0 Å². The Morgan fingerprint density at radius 2 is 1.70 bits per heavy atom. The van der Waals surface area contributed by atoms with Crippen LogP contribution in [-0.2, 0) is 29.1 Å². The van der Waals surface area contributed by atoms with Crippen molar-refractivity contribution in [2.45, 2.75) is 87.9 Å². The second kappa shape index (κ2) is 12.3. The van der Waals surface area contributed by atoms with Crippen LogP contribution < -0.4 is 10.0 Å². The van der Waals surface area contributed by atoms with Gasteiger partial charge in [0.05, 0.1) is 12.0 Å². The zero-order valence-electron chi connectivity index (χ0n) is 21.7. The van der Waals surface area contributed by atoms with Gasteiger partial charge in [0.15, 0.2) is 0 Å². The van der Waals surface area contributed by atoms with Crippen molar-refractivity contribution in [3.8, 4) is 0 Å². The number of alkyl carbamates (subject to hydrolysis) is 1. The maximum absolute atomic E-state index is 13.9. The third-order valence-corrected chi connectivity index (χ3v) is 8.82. The average Bonchev–Trinajstić information content (AvgIpc) is 3.24. The smallest absolute Gasteiger partial charge is 0.408 e. The van der Waals surface area contributed by atoms with E-state index in [0.29, 0.717) is 0 Å². The van der Waals surface area contributed by atoms with Crippen LogP contribution in [0.4, 0.5) is 4.79 Å². The molecule has 1 heterocycles. The van der Waals surface area contributed by atoms with E-state index in [9.17, 15) is 22.8 Å². The normalized spacial score (nSPS) is 21.8. The number of sulfonamides is 1. The number of amides is 2. The van der Waals surface area contributed by atoms with E-state index >= 15 is 0 Å². The van der Waals surface area contributed by atoms with Crippen LogP contribution in [-0.4, -0.2) is 68.7 Å². The van der Waals surface area contributed by atoms with Crippen LogP contribution in [0.1, 0.15) is 59.3 Å². The summed E-state index contributed by atoms with van der Waals surface area (Å²) in [6.07, 6.45) is 3.79. The molecule has 12 heteroatoms. The molecule has 1 saturated carbocycles. The Hall–Kier alpha value is -1.93. The van der Waals surface area contributed by atoms with Gasteiger partial charge in [0.2, 0.25) is 15.9 Å². The quantitative estimate of drug-likeness (QED) is 0.343. The van der Waals surface area contributed by atoms with E-state index in [2.05, 4.69) is 32.6 Å². The Balaban J connectivity index is 1.83. The number of halogens is 1. The number of hydrogen-bond acceptors (Lipinski definition) is 7. The summed E-state index contributed by atoms with van der Waals surface area (Å²) in [5.74, 6) is -1.19. The van der Waals surface area contributed by atoms with Crippen LogP contribution in [0.5, 0.6) is 0 Å². The van der Waals surface area contributed by atoms with Gasteiger partial charge >= 0.3 is 12.1 Å². The van der Waals surface area contributed by atoms with Gasteiger partial charge in [0.1, 0.15) is 17.7 Å². The van der Waals surface area contributed by atoms with Gasteiger partial charge in [-0.2, -0.15) is 0 Å². The number of nitrogens with zero attached hydrogens (tertiary/aromatic N) is 1. The summed E-state index contributed by atoms with van der Waals surface area (Å²) < 4.78 is 39.8. The summed E-state index contributed by atoms with van der Waals surface area (Å²) in [7, 11) is -2.65. The summed E-state index contributed by atoms with van der Waals surface area (Å²) in [6, 6.07) is 3.81. The predicted molar refractivity (Wildman–Crippen MR) is 145 cm³/mol. The predicted octanol–water partition coefficient (Wildman–Crippen LogP) is 3.19. The molecule has 0 spiro atoms. The van der Waals surface area contributed by atoms with E-state index in [1.807, 2.05) is 0 Å². The van der Waals surface area contributed by atoms with Gasteiger partial charge in [0, 0.05) is 16.2 Å². The molecule has 2 fully saturated rings. The van der Waals surface area contributed by atoms with Crippen LogP contribution >= 0.6 is 22.6 Å². The molecule has 0 aromatic heterocycles. The SMILES string of the molecule is COC(=O)[C@@H]1C[C@@H](NS(=O)(=O)c2ccc(I)cc2)CN1C(=O)[C@@H](NC(=O)OC(C)(C)C)C1CCCCC1. The molecule has 1 aliphatic carbocycles. The zero-order valence-corrected chi connectivity index (χ0v) is 24.6. The lowest BCUT2D eigenvalue weighted by molar-refractivity contribution is -0.152. The molecule has 3 atom stereocenters. The lowest BCUT2D eigenvalue weighted by atomic mass is 9.83. The maximum atomic E-state index is 13.9. The average molecular weight is 650 g/mol. The highest BCUT2D eigenvalue weighted by atomic mass is 127. The molecule has 37 heavy (non-hydrogen) atoms. The number of likely N-dealkylation sites (tertiary alicyclic amines) is 1. The van der Waals surface area contributed by atoms with Crippen molar-refractivity contribution in [3.05, 3.63) is 27.8 Å². The molecule has 10 nitrogen and oxygen atoms in total. The molecule has 2 N–H and O–H groups in total. The number of hydrogen-bond donors (Lipinski definition) is 2. The summed E-state index contributed by atoms with van der Waals surface area (Å²) >= 11 is 2.09. The molecule has 2 aliphatic rings. The first-order valence-corrected chi connectivity index (χ1v) is 15.0. The Labute approximate surface area is 232 Å². The van der Waals surface area contributed by atoms with Crippen LogP contribution in [0, 0.1) is 9.49 Å². The standard InChI is InChI=1S/C25H36IN3O7S/c1-25(2,3)36-24(32)27-21(16-8-6-5-7-9-16)22(30)29-15-18(14-20(29)23(31)35-4)28-37(33,34)19-12-10-17(26)11-13-19/h10-13,16,18,20-21,28H,5-9,14-15H2,1-4H3,(H,27,32)/t18-,20+,21+/m1/s1. The second-order valence-corrected chi connectivity index (χ2v) is 13.5. The van der Waals surface area contributed by atoms with Crippen LogP contribution in [0.3, 0.4) is 0 Å². The van der Waals surface area contributed by atoms with Gasteiger partial charge < -0.3 is 19.7 Å². The lowest BCUT2D eigenvalue weighted by Crippen LogP contribution is -2.56. The fourth-order valence-electron chi connectivity index (χ4n) is 4.89. The number of nitrogens with one attached hydrogen (secondary N) is 2. The highest BCUT2D eigenvalue weighted by molar-refractivity contribution is 14.1. The Kier molecular flexibility index (Phi) is 9.84. The number of methoxy groups -OCH3 is 1. The molecule has 1 aromatic rings. The first kappa shape index (κ1) is 29.6. The molecule has 0 bridgehead atoms. The molecule has 3 rings (SSSR count). The van der Waals surface area contributed by atoms with Crippen molar-refractivity contribution >= 4 is 50.6 Å². The van der Waals surface area contributed by atoms with Crippen molar-refractivity contribution in [1.29, 1.82) is 0 Å². The van der Waals surface area contributed by atoms with E-state index < -0.39 is 51.7 Å². The highest BCUT2D eigenvalue weighted by Crippen LogP contribution is 2.30. The molecule has 206 valence electrons. The molecule has 0 unspecified atom stereocenters. The van der Waals surface area contributed by atoms with Crippen molar-refractivity contribution in [3.63, 3.8) is 0 Å². The summed E-state index contributed by atoms with van der Waals surface area (Å²) in [5, 5.41) is 2.75. The number of rotatable bonds is 7. The van der Waals surface area contributed by atoms with Crippen molar-refractivity contribution in [2.75, 3.05) is 13.7 Å². The topological polar surface area (TPSA) is 131 Å². The van der Waals surface area contributed by atoms with Crippen molar-refractivity contribution < 1.29 is 32.3 Å². The van der Waals surface area contributed by atoms with Crippen molar-refractivity contribution in [1.82, 2.24) is 14.9 Å². The third kappa shape index (κ3) is 8.03. The molecule has 1 saturated heterocycles. The van der Waals surface area contributed by atoms with Crippen LogP contribution in [0.15, 0.2) is 29.2 Å². The lowest BCUT2D eigenvalue weighted by Gasteiger charge is -2.34. The summed E-state index contributed by atoms with van der Waals surface area (Å²) in [5.41, 5.74) is -0.745. The molecule has 1 aliphatic heterocycles. The summed E-state index contributed by atoms with van der Waals surface area (Å²) in [6.45, 7) is 5.19. The van der Waals surface area contributed by atoms with E-state index in [0.717, 1.165) is 35.7 Å². The van der Waals surface area contributed by atoms with Gasteiger partial charge in [0.25, 0.3) is 0 Å². The van der Waals surface area contributed by atoms with Crippen LogP contribution in [0.25, 0.3) is 0 Å². The number of carbonyl (C=O) groups excluding carboxylic acids is 3. The fourth-order valence-corrected chi connectivity index (χ4v) is 6.49. The largest absolute Gasteiger partial charge is 0.467 e. The first-order valence-electron chi connectivity index (χ1n) is 12.5. The Morgan fingerprint density at radius 1 is 1.08 bits per heavy atom. The number of benzene rings is 1. The van der Waals surface area contributed by atoms with E-state index in [1.165, 1.54) is 24.1 Å². The van der Waals surface area contributed by atoms with Gasteiger partial charge in [-0.1, -0.05) is 19.3 Å². The minimum absolute atomic E-state index is 0.0264. The molecule has 0 radical (unpaired) electrons. The zero-order chi connectivity index (χ0) is 27.4. The Morgan fingerprint density at radius 3 is 2.27 bits per heavy atom. The summed E-state index contributed by atoms with van der Waals surface area (Å²) in [4.78, 5) is 40.6. The van der Waals surface area contributed by atoms with Gasteiger partial charge in [-0.3, -0.25) is 4.79 Å². The minimum atomic E-state index is -3.88. The number of carbonyl (C=O) groups is 3. The molecule has 2 amide bonds. The molecule has 1 aromatic carbocycles.